The quantitative estimate of drug-likeness (QED) is 0.301. The zero-order valence-corrected chi connectivity index (χ0v) is 16.0. The number of aromatic nitrogens is 4. The summed E-state index contributed by atoms with van der Waals surface area (Å²) in [5.41, 5.74) is 1.40. The summed E-state index contributed by atoms with van der Waals surface area (Å²) in [4.78, 5) is 19.9. The molecule has 0 aliphatic carbocycles. The van der Waals surface area contributed by atoms with Gasteiger partial charge in [-0.05, 0) is 12.5 Å². The molecule has 0 N–H and O–H groups in total. The van der Waals surface area contributed by atoms with Gasteiger partial charge in [0.25, 0.3) is 5.88 Å². The first kappa shape index (κ1) is 21.9. The van der Waals surface area contributed by atoms with Gasteiger partial charge in [-0.3, -0.25) is 0 Å². The lowest BCUT2D eigenvalue weighted by molar-refractivity contribution is -0.154. The van der Waals surface area contributed by atoms with Gasteiger partial charge in [0.2, 0.25) is 5.82 Å². The van der Waals surface area contributed by atoms with Crippen molar-refractivity contribution >= 4 is 5.71 Å². The van der Waals surface area contributed by atoms with Crippen molar-refractivity contribution in [2.45, 2.75) is 19.7 Å². The largest absolute Gasteiger partial charge is 0.459 e. The van der Waals surface area contributed by atoms with Gasteiger partial charge in [0.05, 0.1) is 11.9 Å². The molecule has 0 aliphatic rings. The van der Waals surface area contributed by atoms with Gasteiger partial charge in [0.1, 0.15) is 6.61 Å². The molecule has 31 heavy (non-hydrogen) atoms. The molecule has 3 aromatic rings. The molecular weight excluding hydrogens is 422 g/mol. The van der Waals surface area contributed by atoms with Gasteiger partial charge >= 0.3 is 18.2 Å². The zero-order chi connectivity index (χ0) is 22.3. The number of oxime groups is 1. The Balaban J connectivity index is 1.62. The van der Waals surface area contributed by atoms with E-state index in [2.05, 4.69) is 29.8 Å². The van der Waals surface area contributed by atoms with E-state index in [-0.39, 0.29) is 18.3 Å². The number of hydrogen-bond donors (Lipinski definition) is 0. The maximum Gasteiger partial charge on any atom is 0.422 e. The molecule has 162 valence electrons. The highest BCUT2D eigenvalue weighted by atomic mass is 19.4. The van der Waals surface area contributed by atoms with E-state index in [0.29, 0.717) is 5.56 Å². The fourth-order valence-electron chi connectivity index (χ4n) is 2.08. The summed E-state index contributed by atoms with van der Waals surface area (Å²) in [6.07, 6.45) is -1.25. The van der Waals surface area contributed by atoms with Gasteiger partial charge in [-0.1, -0.05) is 35.5 Å². The highest BCUT2D eigenvalue weighted by Gasteiger charge is 2.28. The van der Waals surface area contributed by atoms with Crippen molar-refractivity contribution in [3.63, 3.8) is 0 Å². The lowest BCUT2D eigenvalue weighted by atomic mass is 10.2. The lowest BCUT2D eigenvalue weighted by Crippen LogP contribution is -2.20. The third-order valence-electron chi connectivity index (χ3n) is 3.58. The molecule has 0 amide bonds. The van der Waals surface area contributed by atoms with E-state index >= 15 is 0 Å². The number of hydrogen-bond acceptors (Lipinski definition) is 8. The molecular formula is C19H15F4N5O3. The maximum absolute atomic E-state index is 13.9. The Bertz CT molecular complexity index is 1030. The fourth-order valence-corrected chi connectivity index (χ4v) is 2.08. The Kier molecular flexibility index (Phi) is 6.90. The SMILES string of the molecule is CC(=NOc1nc(OCc2ccccc2)ncc1F)c1cnc(OCC(F)(F)F)nc1. The van der Waals surface area contributed by atoms with Crippen LogP contribution in [0.1, 0.15) is 18.1 Å². The van der Waals surface area contributed by atoms with E-state index in [9.17, 15) is 17.6 Å². The zero-order valence-electron chi connectivity index (χ0n) is 16.0. The predicted molar refractivity (Wildman–Crippen MR) is 99.2 cm³/mol. The Hall–Kier alpha value is -3.83. The van der Waals surface area contributed by atoms with Gasteiger partial charge < -0.3 is 14.3 Å². The summed E-state index contributed by atoms with van der Waals surface area (Å²) in [6, 6.07) is 8.67. The van der Waals surface area contributed by atoms with Crippen LogP contribution < -0.4 is 14.3 Å². The van der Waals surface area contributed by atoms with Crippen LogP contribution in [0.5, 0.6) is 17.9 Å². The van der Waals surface area contributed by atoms with Gasteiger partial charge in [-0.25, -0.2) is 15.0 Å². The van der Waals surface area contributed by atoms with E-state index in [1.165, 1.54) is 19.3 Å². The molecule has 0 saturated carbocycles. The normalized spacial score (nSPS) is 11.8. The van der Waals surface area contributed by atoms with Gasteiger partial charge in [0, 0.05) is 18.0 Å². The standard InChI is InChI=1S/C19H15F4N5O3/c1-12(14-7-24-17(25-8-14)30-11-19(21,22)23)28-31-16-15(20)9-26-18(27-16)29-10-13-5-3-2-4-6-13/h2-9H,10-11H2,1H3. The van der Waals surface area contributed by atoms with Crippen LogP contribution in [-0.2, 0) is 6.61 Å². The Morgan fingerprint density at radius 1 is 0.968 bits per heavy atom. The van der Waals surface area contributed by atoms with Crippen molar-refractivity contribution in [1.82, 2.24) is 19.9 Å². The Morgan fingerprint density at radius 3 is 2.32 bits per heavy atom. The van der Waals surface area contributed by atoms with Crippen molar-refractivity contribution < 1.29 is 31.9 Å². The topological polar surface area (TPSA) is 91.6 Å². The molecule has 0 radical (unpaired) electrons. The van der Waals surface area contributed by atoms with Crippen LogP contribution in [0.4, 0.5) is 17.6 Å². The molecule has 0 atom stereocenters. The molecule has 0 aliphatic heterocycles. The van der Waals surface area contributed by atoms with Crippen LogP contribution in [0, 0.1) is 5.82 Å². The molecule has 0 unspecified atom stereocenters. The molecule has 2 heterocycles. The summed E-state index contributed by atoms with van der Waals surface area (Å²) in [7, 11) is 0. The predicted octanol–water partition coefficient (Wildman–Crippen LogP) is 3.73. The number of rotatable bonds is 8. The second kappa shape index (κ2) is 9.78. The molecule has 12 heteroatoms. The van der Waals surface area contributed by atoms with Crippen LogP contribution in [-0.4, -0.2) is 38.4 Å². The highest BCUT2D eigenvalue weighted by Crippen LogP contribution is 2.18. The van der Waals surface area contributed by atoms with Crippen molar-refractivity contribution in [3.8, 4) is 17.9 Å². The summed E-state index contributed by atoms with van der Waals surface area (Å²) in [5, 5.41) is 3.73. The second-order valence-corrected chi connectivity index (χ2v) is 6.01. The number of nitrogens with zero attached hydrogens (tertiary/aromatic N) is 5. The summed E-state index contributed by atoms with van der Waals surface area (Å²) in [5.74, 6) is -1.33. The molecule has 0 saturated heterocycles. The molecule has 2 aromatic heterocycles. The van der Waals surface area contributed by atoms with E-state index in [4.69, 9.17) is 9.57 Å². The first-order chi connectivity index (χ1) is 14.8. The Labute approximate surface area is 173 Å². The van der Waals surface area contributed by atoms with Gasteiger partial charge in [-0.15, -0.1) is 0 Å². The summed E-state index contributed by atoms with van der Waals surface area (Å²) in [6.45, 7) is 0.166. The number of benzene rings is 1. The number of alkyl halides is 3. The Morgan fingerprint density at radius 2 is 1.65 bits per heavy atom. The van der Waals surface area contributed by atoms with Gasteiger partial charge in [0.15, 0.2) is 6.61 Å². The third kappa shape index (κ3) is 6.87. The second-order valence-electron chi connectivity index (χ2n) is 6.01. The van der Waals surface area contributed by atoms with Crippen LogP contribution in [0.2, 0.25) is 0 Å². The van der Waals surface area contributed by atoms with Gasteiger partial charge in [-0.2, -0.15) is 22.5 Å². The number of ether oxygens (including phenoxy) is 2. The molecule has 1 aromatic carbocycles. The molecule has 0 spiro atoms. The summed E-state index contributed by atoms with van der Waals surface area (Å²) >= 11 is 0. The lowest BCUT2D eigenvalue weighted by Gasteiger charge is -2.08. The van der Waals surface area contributed by atoms with Crippen LogP contribution in [0.3, 0.4) is 0 Å². The van der Waals surface area contributed by atoms with E-state index in [1.54, 1.807) is 0 Å². The fraction of sp³-hybridized carbons (Fsp3) is 0.211. The number of halogens is 4. The highest BCUT2D eigenvalue weighted by molar-refractivity contribution is 5.97. The van der Waals surface area contributed by atoms with Crippen LogP contribution in [0.25, 0.3) is 0 Å². The van der Waals surface area contributed by atoms with Crippen LogP contribution >= 0.6 is 0 Å². The average molecular weight is 437 g/mol. The monoisotopic (exact) mass is 437 g/mol. The van der Waals surface area contributed by atoms with Crippen molar-refractivity contribution in [2.75, 3.05) is 6.61 Å². The maximum atomic E-state index is 13.9. The van der Waals surface area contributed by atoms with E-state index in [0.717, 1.165) is 11.8 Å². The molecule has 3 rings (SSSR count). The minimum atomic E-state index is -4.50. The van der Waals surface area contributed by atoms with Crippen molar-refractivity contribution in [2.24, 2.45) is 5.16 Å². The average Bonchev–Trinajstić information content (AvgIpc) is 2.76. The van der Waals surface area contributed by atoms with E-state index in [1.807, 2.05) is 30.3 Å². The smallest absolute Gasteiger partial charge is 0.422 e. The molecule has 0 fully saturated rings. The third-order valence-corrected chi connectivity index (χ3v) is 3.58. The van der Waals surface area contributed by atoms with Crippen molar-refractivity contribution in [1.29, 1.82) is 0 Å². The first-order valence-electron chi connectivity index (χ1n) is 8.73. The van der Waals surface area contributed by atoms with Crippen molar-refractivity contribution in [3.05, 3.63) is 65.9 Å². The minimum Gasteiger partial charge on any atom is -0.459 e. The molecule has 0 bridgehead atoms. The molecule has 8 nitrogen and oxygen atoms in total. The summed E-state index contributed by atoms with van der Waals surface area (Å²) < 4.78 is 60.2. The first-order valence-corrected chi connectivity index (χ1v) is 8.73. The van der Waals surface area contributed by atoms with Crippen LogP contribution in [0.15, 0.2) is 54.1 Å². The minimum absolute atomic E-state index is 0.109. The van der Waals surface area contributed by atoms with E-state index < -0.39 is 30.5 Å².